The zero-order chi connectivity index (χ0) is 11.1. The number of nitrogens with one attached hydrogen (secondary N) is 1. The summed E-state index contributed by atoms with van der Waals surface area (Å²) in [6, 6.07) is 4.90. The summed E-state index contributed by atoms with van der Waals surface area (Å²) in [4.78, 5) is 12.6. The van der Waals surface area contributed by atoms with Crippen LogP contribution in [0.5, 0.6) is 0 Å². The number of fused-ring (bicyclic) bond motifs is 2. The van der Waals surface area contributed by atoms with Crippen molar-refractivity contribution in [3.05, 3.63) is 22.4 Å². The Bertz CT molecular complexity index is 390. The van der Waals surface area contributed by atoms with Crippen molar-refractivity contribution in [2.24, 2.45) is 5.92 Å². The maximum absolute atomic E-state index is 11.4. The van der Waals surface area contributed by atoms with Crippen LogP contribution in [0.3, 0.4) is 0 Å². The lowest BCUT2D eigenvalue weighted by Crippen LogP contribution is -2.46. The highest BCUT2D eigenvalue weighted by Crippen LogP contribution is 2.43. The SMILES string of the molecule is O=C(O)[C@H]1C[C@H]2CC[C@@H](N2)[C@H]1c1cccs1. The molecule has 2 fully saturated rings. The van der Waals surface area contributed by atoms with Gasteiger partial charge in [-0.2, -0.15) is 0 Å². The zero-order valence-corrected chi connectivity index (χ0v) is 9.74. The Hall–Kier alpha value is -0.870. The van der Waals surface area contributed by atoms with E-state index in [0.29, 0.717) is 12.1 Å². The van der Waals surface area contributed by atoms with E-state index in [0.717, 1.165) is 19.3 Å². The van der Waals surface area contributed by atoms with Crippen LogP contribution in [-0.4, -0.2) is 23.2 Å². The second kappa shape index (κ2) is 3.86. The first-order valence-corrected chi connectivity index (χ1v) is 6.66. The third-order valence-electron chi connectivity index (χ3n) is 3.87. The molecule has 2 saturated heterocycles. The number of aliphatic carboxylic acids is 1. The summed E-state index contributed by atoms with van der Waals surface area (Å²) in [6.07, 6.45) is 3.04. The van der Waals surface area contributed by atoms with Gasteiger partial charge in [0.1, 0.15) is 0 Å². The largest absolute Gasteiger partial charge is 0.481 e. The molecule has 1 aromatic rings. The second-order valence-corrected chi connectivity index (χ2v) is 5.75. The van der Waals surface area contributed by atoms with E-state index in [1.165, 1.54) is 4.88 Å². The van der Waals surface area contributed by atoms with Crippen molar-refractivity contribution in [1.29, 1.82) is 0 Å². The maximum atomic E-state index is 11.4. The Balaban J connectivity index is 1.94. The minimum absolute atomic E-state index is 0.177. The Morgan fingerprint density at radius 1 is 1.50 bits per heavy atom. The van der Waals surface area contributed by atoms with E-state index in [-0.39, 0.29) is 11.8 Å². The summed E-state index contributed by atoms with van der Waals surface area (Å²) in [6.45, 7) is 0. The van der Waals surface area contributed by atoms with Crippen molar-refractivity contribution in [3.8, 4) is 0 Å². The zero-order valence-electron chi connectivity index (χ0n) is 8.93. The minimum atomic E-state index is -0.628. The smallest absolute Gasteiger partial charge is 0.307 e. The standard InChI is InChI=1S/C12H15NO2S/c14-12(15)8-6-7-3-4-9(13-7)11(8)10-2-1-5-16-10/h1-2,5,7-9,11,13H,3-4,6H2,(H,14,15)/t7-,8+,9-,11+/m1/s1. The van der Waals surface area contributed by atoms with Gasteiger partial charge in [0.25, 0.3) is 0 Å². The lowest BCUT2D eigenvalue weighted by atomic mass is 9.80. The molecule has 3 rings (SSSR count). The van der Waals surface area contributed by atoms with Gasteiger partial charge in [0.15, 0.2) is 0 Å². The van der Waals surface area contributed by atoms with Crippen LogP contribution in [0.1, 0.15) is 30.1 Å². The van der Waals surface area contributed by atoms with Crippen LogP contribution in [-0.2, 0) is 4.79 Å². The lowest BCUT2D eigenvalue weighted by Gasteiger charge is -2.34. The average Bonchev–Trinajstić information content (AvgIpc) is 2.89. The second-order valence-electron chi connectivity index (χ2n) is 4.77. The number of hydrogen-bond acceptors (Lipinski definition) is 3. The molecule has 4 atom stereocenters. The molecule has 2 bridgehead atoms. The summed E-state index contributed by atoms with van der Waals surface area (Å²) in [5.74, 6) is -0.648. The Morgan fingerprint density at radius 2 is 2.38 bits per heavy atom. The topological polar surface area (TPSA) is 49.3 Å². The van der Waals surface area contributed by atoms with Gasteiger partial charge in [-0.3, -0.25) is 4.79 Å². The van der Waals surface area contributed by atoms with Gasteiger partial charge >= 0.3 is 5.97 Å². The molecule has 2 aliphatic heterocycles. The average molecular weight is 237 g/mol. The van der Waals surface area contributed by atoms with Gasteiger partial charge in [0.05, 0.1) is 5.92 Å². The number of carboxylic acid groups (broad SMARTS) is 1. The van der Waals surface area contributed by atoms with Gasteiger partial charge in [0, 0.05) is 22.9 Å². The fraction of sp³-hybridized carbons (Fsp3) is 0.583. The van der Waals surface area contributed by atoms with E-state index >= 15 is 0 Å². The molecule has 0 spiro atoms. The molecule has 0 radical (unpaired) electrons. The van der Waals surface area contributed by atoms with E-state index in [9.17, 15) is 9.90 Å². The molecule has 1 aromatic heterocycles. The normalized spacial score (nSPS) is 37.5. The molecule has 16 heavy (non-hydrogen) atoms. The summed E-state index contributed by atoms with van der Waals surface area (Å²) in [5, 5.41) is 14.9. The Labute approximate surface area is 98.5 Å². The fourth-order valence-electron chi connectivity index (χ4n) is 3.18. The fourth-order valence-corrected chi connectivity index (χ4v) is 4.14. The molecule has 4 heteroatoms. The molecule has 0 unspecified atom stereocenters. The molecule has 0 amide bonds. The molecule has 3 nitrogen and oxygen atoms in total. The van der Waals surface area contributed by atoms with E-state index < -0.39 is 5.97 Å². The van der Waals surface area contributed by atoms with Crippen molar-refractivity contribution in [3.63, 3.8) is 0 Å². The number of thiophene rings is 1. The first-order chi connectivity index (χ1) is 7.75. The van der Waals surface area contributed by atoms with Crippen LogP contribution in [0.25, 0.3) is 0 Å². The molecule has 0 aliphatic carbocycles. The maximum Gasteiger partial charge on any atom is 0.307 e. The third-order valence-corrected chi connectivity index (χ3v) is 4.84. The van der Waals surface area contributed by atoms with Crippen LogP contribution in [0.4, 0.5) is 0 Å². The highest BCUT2D eigenvalue weighted by Gasteiger charge is 2.45. The monoisotopic (exact) mass is 237 g/mol. The van der Waals surface area contributed by atoms with E-state index in [2.05, 4.69) is 11.4 Å². The van der Waals surface area contributed by atoms with Crippen molar-refractivity contribution in [1.82, 2.24) is 5.32 Å². The lowest BCUT2D eigenvalue weighted by molar-refractivity contribution is -0.143. The number of rotatable bonds is 2. The molecular formula is C12H15NO2S. The minimum Gasteiger partial charge on any atom is -0.481 e. The molecule has 2 N–H and O–H groups in total. The predicted octanol–water partition coefficient (Wildman–Crippen LogP) is 2.06. The van der Waals surface area contributed by atoms with Crippen molar-refractivity contribution in [2.45, 2.75) is 37.3 Å². The van der Waals surface area contributed by atoms with E-state index in [1.54, 1.807) is 11.3 Å². The summed E-state index contributed by atoms with van der Waals surface area (Å²) in [5.41, 5.74) is 0. The highest BCUT2D eigenvalue weighted by molar-refractivity contribution is 7.10. The van der Waals surface area contributed by atoms with Crippen LogP contribution in [0.15, 0.2) is 17.5 Å². The molecule has 0 saturated carbocycles. The number of piperidine rings is 1. The first kappa shape index (κ1) is 10.3. The van der Waals surface area contributed by atoms with Gasteiger partial charge in [-0.05, 0) is 30.7 Å². The van der Waals surface area contributed by atoms with Crippen LogP contribution in [0, 0.1) is 5.92 Å². The highest BCUT2D eigenvalue weighted by atomic mass is 32.1. The summed E-state index contributed by atoms with van der Waals surface area (Å²) < 4.78 is 0. The van der Waals surface area contributed by atoms with Crippen molar-refractivity contribution in [2.75, 3.05) is 0 Å². The van der Waals surface area contributed by atoms with E-state index in [1.807, 2.05) is 11.4 Å². The van der Waals surface area contributed by atoms with Crippen molar-refractivity contribution >= 4 is 17.3 Å². The number of carbonyl (C=O) groups is 1. The third kappa shape index (κ3) is 1.57. The molecule has 2 aliphatic rings. The van der Waals surface area contributed by atoms with Gasteiger partial charge in [-0.25, -0.2) is 0 Å². The molecule has 3 heterocycles. The van der Waals surface area contributed by atoms with Crippen LogP contribution in [0.2, 0.25) is 0 Å². The Morgan fingerprint density at radius 3 is 3.06 bits per heavy atom. The quantitative estimate of drug-likeness (QED) is 0.827. The Kier molecular flexibility index (Phi) is 2.48. The van der Waals surface area contributed by atoms with Crippen LogP contribution >= 0.6 is 11.3 Å². The molecular weight excluding hydrogens is 222 g/mol. The van der Waals surface area contributed by atoms with Gasteiger partial charge in [-0.15, -0.1) is 11.3 Å². The predicted molar refractivity (Wildman–Crippen MR) is 62.7 cm³/mol. The van der Waals surface area contributed by atoms with Gasteiger partial charge in [0.2, 0.25) is 0 Å². The van der Waals surface area contributed by atoms with Gasteiger partial charge in [-0.1, -0.05) is 6.07 Å². The first-order valence-electron chi connectivity index (χ1n) is 5.78. The van der Waals surface area contributed by atoms with Gasteiger partial charge < -0.3 is 10.4 Å². The van der Waals surface area contributed by atoms with Crippen molar-refractivity contribution < 1.29 is 9.90 Å². The number of carboxylic acids is 1. The molecule has 86 valence electrons. The number of hydrogen-bond donors (Lipinski definition) is 2. The molecule has 0 aromatic carbocycles. The van der Waals surface area contributed by atoms with E-state index in [4.69, 9.17) is 0 Å². The van der Waals surface area contributed by atoms with Crippen LogP contribution < -0.4 is 5.32 Å². The summed E-state index contributed by atoms with van der Waals surface area (Å²) in [7, 11) is 0. The summed E-state index contributed by atoms with van der Waals surface area (Å²) >= 11 is 1.68.